The number of hydrogen-bond donors (Lipinski definition) is 1. The molecule has 0 spiro atoms. The average Bonchev–Trinajstić information content (AvgIpc) is 2.01. The largest absolute Gasteiger partial charge is 0.312 e. The Labute approximate surface area is 81.9 Å². The average molecular weight is 192 g/mol. The van der Waals surface area contributed by atoms with Crippen LogP contribution in [0.5, 0.6) is 0 Å². The summed E-state index contributed by atoms with van der Waals surface area (Å²) in [6.45, 7) is 6.71. The Morgan fingerprint density at radius 1 is 1.17 bits per heavy atom. The molecule has 1 N–H and O–H groups in total. The van der Waals surface area contributed by atoms with E-state index in [1.807, 2.05) is 0 Å². The van der Waals surface area contributed by atoms with Gasteiger partial charge in [-0.15, -0.1) is 11.6 Å². The molecule has 12 heavy (non-hydrogen) atoms. The second-order valence-corrected chi connectivity index (χ2v) is 3.97. The van der Waals surface area contributed by atoms with E-state index >= 15 is 0 Å². The SMILES string of the molecule is CCCC(C)NC(C)CCCCl. The van der Waals surface area contributed by atoms with Gasteiger partial charge in [-0.25, -0.2) is 0 Å². The van der Waals surface area contributed by atoms with E-state index in [0.717, 1.165) is 12.3 Å². The molecule has 74 valence electrons. The molecule has 2 heteroatoms. The van der Waals surface area contributed by atoms with Crippen LogP contribution in [0.2, 0.25) is 0 Å². The van der Waals surface area contributed by atoms with E-state index in [9.17, 15) is 0 Å². The first-order chi connectivity index (χ1) is 5.70. The second-order valence-electron chi connectivity index (χ2n) is 3.59. The van der Waals surface area contributed by atoms with Crippen molar-refractivity contribution in [2.45, 2.75) is 58.5 Å². The molecule has 0 amide bonds. The highest BCUT2D eigenvalue weighted by Gasteiger charge is 2.05. The smallest absolute Gasteiger partial charge is 0.0224 e. The highest BCUT2D eigenvalue weighted by molar-refractivity contribution is 6.17. The van der Waals surface area contributed by atoms with Crippen molar-refractivity contribution in [1.29, 1.82) is 0 Å². The Balaban J connectivity index is 3.33. The molecule has 0 aliphatic carbocycles. The van der Waals surface area contributed by atoms with E-state index in [2.05, 4.69) is 26.1 Å². The van der Waals surface area contributed by atoms with Gasteiger partial charge in [0.15, 0.2) is 0 Å². The van der Waals surface area contributed by atoms with Gasteiger partial charge in [-0.2, -0.15) is 0 Å². The lowest BCUT2D eigenvalue weighted by molar-refractivity contribution is 0.424. The lowest BCUT2D eigenvalue weighted by Crippen LogP contribution is -2.34. The first-order valence-corrected chi connectivity index (χ1v) is 5.56. The molecule has 0 heterocycles. The first kappa shape index (κ1) is 12.2. The van der Waals surface area contributed by atoms with Crippen molar-refractivity contribution in [3.05, 3.63) is 0 Å². The molecule has 0 rings (SSSR count). The summed E-state index contributed by atoms with van der Waals surface area (Å²) in [5, 5.41) is 3.56. The predicted molar refractivity (Wildman–Crippen MR) is 56.9 cm³/mol. The monoisotopic (exact) mass is 191 g/mol. The van der Waals surface area contributed by atoms with Crippen LogP contribution in [0.3, 0.4) is 0 Å². The van der Waals surface area contributed by atoms with E-state index in [1.54, 1.807) is 0 Å². The Bertz CT molecular complexity index is 95.8. The Hall–Kier alpha value is 0.250. The zero-order valence-corrected chi connectivity index (χ0v) is 9.32. The number of halogens is 1. The van der Waals surface area contributed by atoms with Crippen LogP contribution in [-0.2, 0) is 0 Å². The fourth-order valence-electron chi connectivity index (χ4n) is 1.47. The third-order valence-electron chi connectivity index (χ3n) is 2.06. The van der Waals surface area contributed by atoms with E-state index in [-0.39, 0.29) is 0 Å². The minimum Gasteiger partial charge on any atom is -0.312 e. The molecule has 0 saturated carbocycles. The van der Waals surface area contributed by atoms with E-state index in [4.69, 9.17) is 11.6 Å². The summed E-state index contributed by atoms with van der Waals surface area (Å²) in [6.07, 6.45) is 4.84. The van der Waals surface area contributed by atoms with Crippen molar-refractivity contribution in [2.24, 2.45) is 0 Å². The minimum absolute atomic E-state index is 0.616. The van der Waals surface area contributed by atoms with Crippen LogP contribution >= 0.6 is 11.6 Å². The Morgan fingerprint density at radius 3 is 2.25 bits per heavy atom. The number of rotatable bonds is 7. The molecule has 0 fully saturated rings. The molecule has 0 aromatic carbocycles. The van der Waals surface area contributed by atoms with E-state index < -0.39 is 0 Å². The lowest BCUT2D eigenvalue weighted by Gasteiger charge is -2.18. The van der Waals surface area contributed by atoms with E-state index in [1.165, 1.54) is 19.3 Å². The molecule has 0 bridgehead atoms. The van der Waals surface area contributed by atoms with Crippen LogP contribution in [-0.4, -0.2) is 18.0 Å². The molecule has 0 aromatic rings. The van der Waals surface area contributed by atoms with Crippen LogP contribution in [0, 0.1) is 0 Å². The van der Waals surface area contributed by atoms with Crippen LogP contribution in [0.15, 0.2) is 0 Å². The van der Waals surface area contributed by atoms with Gasteiger partial charge in [-0.1, -0.05) is 13.3 Å². The number of alkyl halides is 1. The molecule has 1 nitrogen and oxygen atoms in total. The summed E-state index contributed by atoms with van der Waals surface area (Å²) < 4.78 is 0. The first-order valence-electron chi connectivity index (χ1n) is 5.02. The molecule has 0 radical (unpaired) electrons. The van der Waals surface area contributed by atoms with Gasteiger partial charge in [0.1, 0.15) is 0 Å². The van der Waals surface area contributed by atoms with Crippen molar-refractivity contribution >= 4 is 11.6 Å². The number of hydrogen-bond acceptors (Lipinski definition) is 1. The fraction of sp³-hybridized carbons (Fsp3) is 1.00. The lowest BCUT2D eigenvalue weighted by atomic mass is 10.1. The quantitative estimate of drug-likeness (QED) is 0.610. The van der Waals surface area contributed by atoms with Gasteiger partial charge in [0.2, 0.25) is 0 Å². The Kier molecular flexibility index (Phi) is 8.04. The van der Waals surface area contributed by atoms with Crippen LogP contribution in [0.25, 0.3) is 0 Å². The third-order valence-corrected chi connectivity index (χ3v) is 2.33. The van der Waals surface area contributed by atoms with Gasteiger partial charge in [-0.3, -0.25) is 0 Å². The second kappa shape index (κ2) is 7.88. The summed E-state index contributed by atoms with van der Waals surface area (Å²) in [6, 6.07) is 1.27. The maximum Gasteiger partial charge on any atom is 0.0224 e. The highest BCUT2D eigenvalue weighted by Crippen LogP contribution is 2.02. The molecule has 0 saturated heterocycles. The predicted octanol–water partition coefficient (Wildman–Crippen LogP) is 3.17. The molecule has 0 aromatic heterocycles. The van der Waals surface area contributed by atoms with Crippen molar-refractivity contribution in [3.8, 4) is 0 Å². The van der Waals surface area contributed by atoms with Crippen LogP contribution < -0.4 is 5.32 Å². The maximum atomic E-state index is 5.62. The summed E-state index contributed by atoms with van der Waals surface area (Å²) in [4.78, 5) is 0. The fourth-order valence-corrected chi connectivity index (χ4v) is 1.62. The van der Waals surface area contributed by atoms with E-state index in [0.29, 0.717) is 12.1 Å². The number of nitrogens with one attached hydrogen (secondary N) is 1. The standard InChI is InChI=1S/C10H22ClN/c1-4-6-9(2)12-10(3)7-5-8-11/h9-10,12H,4-8H2,1-3H3. The summed E-state index contributed by atoms with van der Waals surface area (Å²) in [7, 11) is 0. The topological polar surface area (TPSA) is 12.0 Å². The highest BCUT2D eigenvalue weighted by atomic mass is 35.5. The van der Waals surface area contributed by atoms with Gasteiger partial charge >= 0.3 is 0 Å². The van der Waals surface area contributed by atoms with Crippen molar-refractivity contribution < 1.29 is 0 Å². The van der Waals surface area contributed by atoms with Crippen molar-refractivity contribution in [3.63, 3.8) is 0 Å². The normalized spacial score (nSPS) is 16.0. The Morgan fingerprint density at radius 2 is 1.75 bits per heavy atom. The van der Waals surface area contributed by atoms with Crippen molar-refractivity contribution in [2.75, 3.05) is 5.88 Å². The van der Waals surface area contributed by atoms with Gasteiger partial charge in [-0.05, 0) is 33.1 Å². The zero-order chi connectivity index (χ0) is 9.40. The zero-order valence-electron chi connectivity index (χ0n) is 8.57. The maximum absolute atomic E-state index is 5.62. The molecule has 0 aliphatic heterocycles. The molecule has 2 unspecified atom stereocenters. The third kappa shape index (κ3) is 6.93. The molecular weight excluding hydrogens is 170 g/mol. The molecular formula is C10H22ClN. The summed E-state index contributed by atoms with van der Waals surface area (Å²) >= 11 is 5.62. The van der Waals surface area contributed by atoms with Crippen LogP contribution in [0.1, 0.15) is 46.5 Å². The minimum atomic E-state index is 0.616. The summed E-state index contributed by atoms with van der Waals surface area (Å²) in [5.74, 6) is 0.786. The van der Waals surface area contributed by atoms with Gasteiger partial charge in [0.25, 0.3) is 0 Å². The van der Waals surface area contributed by atoms with Gasteiger partial charge in [0, 0.05) is 18.0 Å². The molecule has 2 atom stereocenters. The summed E-state index contributed by atoms with van der Waals surface area (Å²) in [5.41, 5.74) is 0. The van der Waals surface area contributed by atoms with Crippen LogP contribution in [0.4, 0.5) is 0 Å². The van der Waals surface area contributed by atoms with Crippen molar-refractivity contribution in [1.82, 2.24) is 5.32 Å². The molecule has 0 aliphatic rings. The van der Waals surface area contributed by atoms with Gasteiger partial charge < -0.3 is 5.32 Å². The van der Waals surface area contributed by atoms with Gasteiger partial charge in [0.05, 0.1) is 0 Å².